The topological polar surface area (TPSA) is 0 Å². The van der Waals surface area contributed by atoms with Gasteiger partial charge in [0, 0.05) is 0 Å². The van der Waals surface area contributed by atoms with Gasteiger partial charge in [-0.1, -0.05) is 43.7 Å². The molecule has 3 heteroatoms. The maximum Gasteiger partial charge on any atom is 0.416 e. The van der Waals surface area contributed by atoms with E-state index in [1.807, 2.05) is 13.0 Å². The second-order valence-corrected chi connectivity index (χ2v) is 5.81. The second kappa shape index (κ2) is 5.55. The molecular formula is C18H19F3. The Bertz CT molecular complexity index is 652. The Labute approximate surface area is 123 Å². The zero-order chi connectivity index (χ0) is 15.8. The summed E-state index contributed by atoms with van der Waals surface area (Å²) in [7, 11) is 0. The molecule has 21 heavy (non-hydrogen) atoms. The Hall–Kier alpha value is -1.77. The third-order valence-corrected chi connectivity index (χ3v) is 3.63. The van der Waals surface area contributed by atoms with E-state index in [2.05, 4.69) is 26.0 Å². The minimum absolute atomic E-state index is 0.387. The number of rotatable bonds is 2. The molecule has 0 saturated heterocycles. The van der Waals surface area contributed by atoms with Crippen molar-refractivity contribution in [1.29, 1.82) is 0 Å². The van der Waals surface area contributed by atoms with Gasteiger partial charge in [-0.3, -0.25) is 0 Å². The van der Waals surface area contributed by atoms with Crippen LogP contribution in [-0.4, -0.2) is 0 Å². The Morgan fingerprint density at radius 3 is 2.10 bits per heavy atom. The van der Waals surface area contributed by atoms with Crippen molar-refractivity contribution >= 4 is 0 Å². The largest absolute Gasteiger partial charge is 0.416 e. The van der Waals surface area contributed by atoms with Gasteiger partial charge in [-0.15, -0.1) is 0 Å². The van der Waals surface area contributed by atoms with Crippen molar-refractivity contribution < 1.29 is 13.2 Å². The van der Waals surface area contributed by atoms with Gasteiger partial charge in [-0.2, -0.15) is 13.2 Å². The van der Waals surface area contributed by atoms with Crippen LogP contribution in [0.3, 0.4) is 0 Å². The van der Waals surface area contributed by atoms with Crippen molar-refractivity contribution in [3.8, 4) is 11.1 Å². The van der Waals surface area contributed by atoms with Crippen LogP contribution in [0, 0.1) is 13.8 Å². The molecule has 0 aliphatic carbocycles. The zero-order valence-electron chi connectivity index (χ0n) is 12.7. The lowest BCUT2D eigenvalue weighted by molar-refractivity contribution is -0.137. The highest BCUT2D eigenvalue weighted by molar-refractivity contribution is 5.69. The molecule has 2 aromatic rings. The van der Waals surface area contributed by atoms with Gasteiger partial charge in [0.2, 0.25) is 0 Å². The molecule has 0 atom stereocenters. The van der Waals surface area contributed by atoms with E-state index in [9.17, 15) is 13.2 Å². The van der Waals surface area contributed by atoms with Crippen molar-refractivity contribution in [2.75, 3.05) is 0 Å². The third-order valence-electron chi connectivity index (χ3n) is 3.63. The summed E-state index contributed by atoms with van der Waals surface area (Å²) in [4.78, 5) is 0. The van der Waals surface area contributed by atoms with Crippen molar-refractivity contribution in [3.05, 3.63) is 58.7 Å². The van der Waals surface area contributed by atoms with E-state index in [0.717, 1.165) is 22.8 Å². The van der Waals surface area contributed by atoms with Crippen LogP contribution < -0.4 is 0 Å². The number of aryl methyl sites for hydroxylation is 2. The predicted octanol–water partition coefficient (Wildman–Crippen LogP) is 6.11. The SMILES string of the molecule is Cc1cc(-c2ccc(C(F)(F)F)cc2C)cc(C(C)C)c1. The average Bonchev–Trinajstić information content (AvgIpc) is 2.36. The Morgan fingerprint density at radius 1 is 0.905 bits per heavy atom. The molecule has 112 valence electrons. The summed E-state index contributed by atoms with van der Waals surface area (Å²) in [5.41, 5.74) is 4.20. The summed E-state index contributed by atoms with van der Waals surface area (Å²) in [5.74, 6) is 0.387. The van der Waals surface area contributed by atoms with Gasteiger partial charge in [-0.05, 0) is 54.2 Å². The van der Waals surface area contributed by atoms with Crippen LogP contribution in [0.15, 0.2) is 36.4 Å². The molecule has 0 aliphatic rings. The molecule has 0 aliphatic heterocycles. The van der Waals surface area contributed by atoms with Crippen LogP contribution in [0.1, 0.15) is 42.0 Å². The minimum atomic E-state index is -4.29. The van der Waals surface area contributed by atoms with E-state index in [-0.39, 0.29) is 0 Å². The summed E-state index contributed by atoms with van der Waals surface area (Å²) >= 11 is 0. The minimum Gasteiger partial charge on any atom is -0.166 e. The van der Waals surface area contributed by atoms with E-state index < -0.39 is 11.7 Å². The maximum absolute atomic E-state index is 12.7. The molecule has 2 aromatic carbocycles. The standard InChI is InChI=1S/C18H19F3/c1-11(2)14-7-12(3)8-15(10-14)17-6-5-16(9-13(17)4)18(19,20)21/h5-11H,1-4H3. The first-order chi connectivity index (χ1) is 9.68. The van der Waals surface area contributed by atoms with Crippen molar-refractivity contribution in [2.45, 2.75) is 39.8 Å². The van der Waals surface area contributed by atoms with E-state index in [1.165, 1.54) is 11.6 Å². The van der Waals surface area contributed by atoms with Gasteiger partial charge in [0.1, 0.15) is 0 Å². The summed E-state index contributed by atoms with van der Waals surface area (Å²) in [6.45, 7) is 7.95. The fourth-order valence-electron chi connectivity index (χ4n) is 2.47. The highest BCUT2D eigenvalue weighted by Crippen LogP contribution is 2.34. The number of hydrogen-bond acceptors (Lipinski definition) is 0. The van der Waals surface area contributed by atoms with Crippen molar-refractivity contribution in [3.63, 3.8) is 0 Å². The number of halogens is 3. The van der Waals surface area contributed by atoms with E-state index >= 15 is 0 Å². The maximum atomic E-state index is 12.7. The lowest BCUT2D eigenvalue weighted by atomic mass is 9.92. The molecule has 2 rings (SSSR count). The summed E-state index contributed by atoms with van der Waals surface area (Å²) in [6.07, 6.45) is -4.29. The molecular weight excluding hydrogens is 273 g/mol. The number of benzene rings is 2. The van der Waals surface area contributed by atoms with Crippen molar-refractivity contribution in [2.24, 2.45) is 0 Å². The fourth-order valence-corrected chi connectivity index (χ4v) is 2.47. The van der Waals surface area contributed by atoms with Crippen LogP contribution in [0.4, 0.5) is 13.2 Å². The van der Waals surface area contributed by atoms with Gasteiger partial charge in [0.25, 0.3) is 0 Å². The molecule has 0 saturated carbocycles. The predicted molar refractivity (Wildman–Crippen MR) is 80.4 cm³/mol. The first-order valence-corrected chi connectivity index (χ1v) is 6.98. The molecule has 0 aromatic heterocycles. The monoisotopic (exact) mass is 292 g/mol. The van der Waals surface area contributed by atoms with E-state index in [1.54, 1.807) is 13.0 Å². The summed E-state index contributed by atoms with van der Waals surface area (Å²) in [6, 6.07) is 10.1. The highest BCUT2D eigenvalue weighted by atomic mass is 19.4. The molecule has 0 nitrogen and oxygen atoms in total. The Kier molecular flexibility index (Phi) is 4.13. The normalized spacial score (nSPS) is 12.0. The molecule has 0 amide bonds. The second-order valence-electron chi connectivity index (χ2n) is 5.81. The molecule has 0 unspecified atom stereocenters. The summed E-state index contributed by atoms with van der Waals surface area (Å²) in [5, 5.41) is 0. The Morgan fingerprint density at radius 2 is 1.57 bits per heavy atom. The smallest absolute Gasteiger partial charge is 0.166 e. The van der Waals surface area contributed by atoms with Crippen LogP contribution >= 0.6 is 0 Å². The lowest BCUT2D eigenvalue weighted by Crippen LogP contribution is -2.05. The molecule has 0 heterocycles. The lowest BCUT2D eigenvalue weighted by Gasteiger charge is -2.14. The van der Waals surface area contributed by atoms with Crippen LogP contribution in [0.5, 0.6) is 0 Å². The number of hydrogen-bond donors (Lipinski definition) is 0. The highest BCUT2D eigenvalue weighted by Gasteiger charge is 2.30. The molecule has 0 bridgehead atoms. The molecule has 0 N–H and O–H groups in total. The molecule has 0 spiro atoms. The van der Waals surface area contributed by atoms with Crippen molar-refractivity contribution in [1.82, 2.24) is 0 Å². The Balaban J connectivity index is 2.52. The zero-order valence-corrected chi connectivity index (χ0v) is 12.7. The first kappa shape index (κ1) is 15.6. The molecule has 0 fully saturated rings. The number of alkyl halides is 3. The van der Waals surface area contributed by atoms with Gasteiger partial charge in [-0.25, -0.2) is 0 Å². The molecule has 0 radical (unpaired) electrons. The van der Waals surface area contributed by atoms with Gasteiger partial charge in [0.05, 0.1) is 5.56 Å². The average molecular weight is 292 g/mol. The van der Waals surface area contributed by atoms with Crippen LogP contribution in [0.25, 0.3) is 11.1 Å². The first-order valence-electron chi connectivity index (χ1n) is 6.98. The third kappa shape index (κ3) is 3.46. The van der Waals surface area contributed by atoms with Crippen LogP contribution in [0.2, 0.25) is 0 Å². The quantitative estimate of drug-likeness (QED) is 0.626. The summed E-state index contributed by atoms with van der Waals surface area (Å²) < 4.78 is 38.2. The van der Waals surface area contributed by atoms with Gasteiger partial charge < -0.3 is 0 Å². The van der Waals surface area contributed by atoms with Crippen LogP contribution in [-0.2, 0) is 6.18 Å². The van der Waals surface area contributed by atoms with E-state index in [0.29, 0.717) is 11.5 Å². The van der Waals surface area contributed by atoms with E-state index in [4.69, 9.17) is 0 Å². The van der Waals surface area contributed by atoms with Gasteiger partial charge in [0.15, 0.2) is 0 Å². The fraction of sp³-hybridized carbons (Fsp3) is 0.333. The van der Waals surface area contributed by atoms with Gasteiger partial charge >= 0.3 is 6.18 Å².